The predicted molar refractivity (Wildman–Crippen MR) is 77.6 cm³/mol. The zero-order valence-corrected chi connectivity index (χ0v) is 12.4. The lowest BCUT2D eigenvalue weighted by atomic mass is 10.1. The summed E-state index contributed by atoms with van der Waals surface area (Å²) >= 11 is 0. The van der Waals surface area contributed by atoms with Crippen LogP contribution in [0.1, 0.15) is 33.6 Å². The Morgan fingerprint density at radius 1 is 1.30 bits per heavy atom. The van der Waals surface area contributed by atoms with E-state index in [1.807, 2.05) is 52.0 Å². The Morgan fingerprint density at radius 3 is 2.80 bits per heavy atom. The highest BCUT2D eigenvalue weighted by Crippen LogP contribution is 2.24. The predicted octanol–water partition coefficient (Wildman–Crippen LogP) is 2.98. The maximum Gasteiger partial charge on any atom is 0.246 e. The van der Waals surface area contributed by atoms with Crippen molar-refractivity contribution in [1.29, 1.82) is 0 Å². The molecule has 20 heavy (non-hydrogen) atoms. The summed E-state index contributed by atoms with van der Waals surface area (Å²) in [5.74, 6) is 1.96. The van der Waals surface area contributed by atoms with Crippen LogP contribution in [-0.2, 0) is 5.54 Å². The summed E-state index contributed by atoms with van der Waals surface area (Å²) in [6.45, 7) is 9.51. The Kier molecular flexibility index (Phi) is 4.39. The zero-order chi connectivity index (χ0) is 14.6. The van der Waals surface area contributed by atoms with E-state index in [-0.39, 0.29) is 5.54 Å². The van der Waals surface area contributed by atoms with Gasteiger partial charge in [0.25, 0.3) is 0 Å². The van der Waals surface area contributed by atoms with Crippen LogP contribution in [0.5, 0.6) is 5.75 Å². The van der Waals surface area contributed by atoms with Crippen molar-refractivity contribution in [2.45, 2.75) is 33.2 Å². The summed E-state index contributed by atoms with van der Waals surface area (Å²) in [6, 6.07) is 7.69. The zero-order valence-electron chi connectivity index (χ0n) is 12.4. The van der Waals surface area contributed by atoms with Crippen molar-refractivity contribution in [3.05, 3.63) is 30.2 Å². The van der Waals surface area contributed by atoms with Gasteiger partial charge in [-0.15, -0.1) is 0 Å². The van der Waals surface area contributed by atoms with Gasteiger partial charge >= 0.3 is 0 Å². The third-order valence-corrected chi connectivity index (χ3v) is 2.98. The van der Waals surface area contributed by atoms with Crippen molar-refractivity contribution in [2.75, 3.05) is 13.2 Å². The number of nitrogens with one attached hydrogen (secondary N) is 1. The molecule has 0 spiro atoms. The first-order chi connectivity index (χ1) is 9.56. The van der Waals surface area contributed by atoms with Crippen LogP contribution in [0, 0.1) is 0 Å². The topological polar surface area (TPSA) is 60.2 Å². The van der Waals surface area contributed by atoms with Crippen molar-refractivity contribution in [3.63, 3.8) is 0 Å². The van der Waals surface area contributed by atoms with E-state index in [2.05, 4.69) is 15.5 Å². The molecule has 0 amide bonds. The normalized spacial score (nSPS) is 11.6. The Hall–Kier alpha value is -1.88. The van der Waals surface area contributed by atoms with E-state index in [0.29, 0.717) is 18.3 Å². The molecule has 0 aliphatic heterocycles. The number of hydrogen-bond acceptors (Lipinski definition) is 5. The summed E-state index contributed by atoms with van der Waals surface area (Å²) in [4.78, 5) is 4.48. The molecule has 0 radical (unpaired) electrons. The standard InChI is InChI=1S/C15H21N3O2/c1-5-16-15(3,4)14-17-13(18-20-14)11-8-7-9-12(10-11)19-6-2/h7-10,16H,5-6H2,1-4H3. The number of rotatable bonds is 6. The minimum Gasteiger partial charge on any atom is -0.494 e. The molecule has 108 valence electrons. The van der Waals surface area contributed by atoms with E-state index in [1.54, 1.807) is 0 Å². The SMILES string of the molecule is CCNC(C)(C)c1nc(-c2cccc(OCC)c2)no1. The van der Waals surface area contributed by atoms with Crippen molar-refractivity contribution < 1.29 is 9.26 Å². The minimum absolute atomic E-state index is 0.336. The number of hydrogen-bond donors (Lipinski definition) is 1. The van der Waals surface area contributed by atoms with E-state index >= 15 is 0 Å². The molecule has 5 nitrogen and oxygen atoms in total. The summed E-state index contributed by atoms with van der Waals surface area (Å²) < 4.78 is 10.9. The van der Waals surface area contributed by atoms with E-state index in [1.165, 1.54) is 0 Å². The molecule has 0 bridgehead atoms. The number of benzene rings is 1. The smallest absolute Gasteiger partial charge is 0.246 e. The molecular formula is C15H21N3O2. The summed E-state index contributed by atoms with van der Waals surface area (Å²) in [5, 5.41) is 7.37. The highest BCUT2D eigenvalue weighted by Gasteiger charge is 2.26. The van der Waals surface area contributed by atoms with Crippen LogP contribution in [0.4, 0.5) is 0 Å². The van der Waals surface area contributed by atoms with Crippen molar-refractivity contribution in [1.82, 2.24) is 15.5 Å². The number of aromatic nitrogens is 2. The Morgan fingerprint density at radius 2 is 2.10 bits per heavy atom. The van der Waals surface area contributed by atoms with Gasteiger partial charge < -0.3 is 14.6 Å². The van der Waals surface area contributed by atoms with Crippen LogP contribution in [0.3, 0.4) is 0 Å². The lowest BCUT2D eigenvalue weighted by molar-refractivity contribution is 0.272. The first-order valence-corrected chi connectivity index (χ1v) is 6.89. The molecule has 0 aliphatic carbocycles. The van der Waals surface area contributed by atoms with Gasteiger partial charge in [-0.2, -0.15) is 4.98 Å². The molecule has 0 saturated heterocycles. The second-order valence-electron chi connectivity index (χ2n) is 5.04. The third-order valence-electron chi connectivity index (χ3n) is 2.98. The lowest BCUT2D eigenvalue weighted by Gasteiger charge is -2.20. The number of nitrogens with zero attached hydrogens (tertiary/aromatic N) is 2. The Labute approximate surface area is 119 Å². The molecule has 2 aromatic rings. The first kappa shape index (κ1) is 14.5. The second-order valence-corrected chi connectivity index (χ2v) is 5.04. The maximum absolute atomic E-state index is 5.48. The van der Waals surface area contributed by atoms with Gasteiger partial charge in [0.1, 0.15) is 5.75 Å². The van der Waals surface area contributed by atoms with Crippen LogP contribution in [0.2, 0.25) is 0 Å². The van der Waals surface area contributed by atoms with Gasteiger partial charge in [0, 0.05) is 5.56 Å². The fraction of sp³-hybridized carbons (Fsp3) is 0.467. The quantitative estimate of drug-likeness (QED) is 0.878. The highest BCUT2D eigenvalue weighted by atomic mass is 16.5. The fourth-order valence-corrected chi connectivity index (χ4v) is 2.00. The molecule has 0 saturated carbocycles. The largest absolute Gasteiger partial charge is 0.494 e. The minimum atomic E-state index is -0.336. The van der Waals surface area contributed by atoms with E-state index in [9.17, 15) is 0 Å². The highest BCUT2D eigenvalue weighted by molar-refractivity contribution is 5.56. The van der Waals surface area contributed by atoms with Crippen molar-refractivity contribution in [2.24, 2.45) is 0 Å². The van der Waals surface area contributed by atoms with Gasteiger partial charge in [0.15, 0.2) is 0 Å². The third kappa shape index (κ3) is 3.17. The van der Waals surface area contributed by atoms with Gasteiger partial charge in [0.05, 0.1) is 12.1 Å². The molecular weight excluding hydrogens is 254 g/mol. The molecule has 0 unspecified atom stereocenters. The van der Waals surface area contributed by atoms with Crippen LogP contribution < -0.4 is 10.1 Å². The van der Waals surface area contributed by atoms with Crippen LogP contribution in [-0.4, -0.2) is 23.3 Å². The monoisotopic (exact) mass is 275 g/mol. The molecule has 1 aromatic heterocycles. The van der Waals surface area contributed by atoms with Gasteiger partial charge in [-0.1, -0.05) is 24.2 Å². The van der Waals surface area contributed by atoms with E-state index in [0.717, 1.165) is 17.9 Å². The summed E-state index contributed by atoms with van der Waals surface area (Å²) in [5.41, 5.74) is 0.551. The van der Waals surface area contributed by atoms with Gasteiger partial charge in [-0.05, 0) is 39.4 Å². The van der Waals surface area contributed by atoms with Crippen LogP contribution >= 0.6 is 0 Å². The molecule has 0 atom stereocenters. The molecule has 2 rings (SSSR count). The Bertz CT molecular complexity index is 564. The molecule has 1 N–H and O–H groups in total. The first-order valence-electron chi connectivity index (χ1n) is 6.89. The molecule has 0 fully saturated rings. The number of ether oxygens (including phenoxy) is 1. The van der Waals surface area contributed by atoms with Crippen molar-refractivity contribution >= 4 is 0 Å². The van der Waals surface area contributed by atoms with E-state index < -0.39 is 0 Å². The fourth-order valence-electron chi connectivity index (χ4n) is 2.00. The lowest BCUT2D eigenvalue weighted by Crippen LogP contribution is -2.36. The molecule has 1 heterocycles. The second kappa shape index (κ2) is 6.05. The molecule has 1 aromatic carbocycles. The van der Waals surface area contributed by atoms with Gasteiger partial charge in [-0.3, -0.25) is 0 Å². The average molecular weight is 275 g/mol. The Balaban J connectivity index is 2.26. The molecule has 5 heteroatoms. The van der Waals surface area contributed by atoms with E-state index in [4.69, 9.17) is 9.26 Å². The van der Waals surface area contributed by atoms with Crippen LogP contribution in [0.15, 0.2) is 28.8 Å². The summed E-state index contributed by atoms with van der Waals surface area (Å²) in [6.07, 6.45) is 0. The summed E-state index contributed by atoms with van der Waals surface area (Å²) in [7, 11) is 0. The van der Waals surface area contributed by atoms with Crippen molar-refractivity contribution in [3.8, 4) is 17.1 Å². The molecule has 0 aliphatic rings. The van der Waals surface area contributed by atoms with Gasteiger partial charge in [-0.25, -0.2) is 0 Å². The van der Waals surface area contributed by atoms with Crippen LogP contribution in [0.25, 0.3) is 11.4 Å². The maximum atomic E-state index is 5.48. The van der Waals surface area contributed by atoms with Gasteiger partial charge in [0.2, 0.25) is 11.7 Å². The average Bonchev–Trinajstić information content (AvgIpc) is 2.90.